The molecule has 0 aliphatic carbocycles. The summed E-state index contributed by atoms with van der Waals surface area (Å²) in [6.07, 6.45) is 4.69. The standard InChI is InChI=1S/C13H19N3O2/c1-10-8-14-5-2-12(10)15-9-11-3-6-16(7-4-11)13(17)18/h2,5,8,11H,3-4,6-7,9H2,1H3,(H,14,15)(H,17,18). The summed E-state index contributed by atoms with van der Waals surface area (Å²) in [7, 11) is 0. The molecule has 1 aromatic rings. The number of pyridine rings is 1. The van der Waals surface area contributed by atoms with E-state index in [1.54, 1.807) is 6.20 Å². The van der Waals surface area contributed by atoms with Crippen LogP contribution in [0, 0.1) is 12.8 Å². The minimum absolute atomic E-state index is 0.549. The number of likely N-dealkylation sites (tertiary alicyclic amines) is 1. The Hall–Kier alpha value is -1.78. The van der Waals surface area contributed by atoms with E-state index in [0.29, 0.717) is 19.0 Å². The number of anilines is 1. The summed E-state index contributed by atoms with van der Waals surface area (Å²) in [4.78, 5) is 16.3. The van der Waals surface area contributed by atoms with Gasteiger partial charge in [0.05, 0.1) is 0 Å². The third-order valence-electron chi connectivity index (χ3n) is 3.49. The Kier molecular flexibility index (Phi) is 4.02. The van der Waals surface area contributed by atoms with Crippen molar-refractivity contribution in [3.05, 3.63) is 24.0 Å². The predicted octanol–water partition coefficient (Wildman–Crippen LogP) is 2.19. The largest absolute Gasteiger partial charge is 0.465 e. The molecule has 0 spiro atoms. The van der Waals surface area contributed by atoms with Gasteiger partial charge in [0, 0.05) is 37.7 Å². The molecule has 0 atom stereocenters. The van der Waals surface area contributed by atoms with Gasteiger partial charge in [-0.3, -0.25) is 4.98 Å². The molecular formula is C13H19N3O2. The first-order valence-electron chi connectivity index (χ1n) is 6.29. The average Bonchev–Trinajstić information content (AvgIpc) is 2.38. The van der Waals surface area contributed by atoms with Gasteiger partial charge in [-0.2, -0.15) is 0 Å². The van der Waals surface area contributed by atoms with Crippen molar-refractivity contribution in [3.8, 4) is 0 Å². The highest BCUT2D eigenvalue weighted by Gasteiger charge is 2.21. The van der Waals surface area contributed by atoms with Crippen LogP contribution < -0.4 is 5.32 Å². The van der Waals surface area contributed by atoms with Crippen molar-refractivity contribution in [1.29, 1.82) is 0 Å². The second-order valence-electron chi connectivity index (χ2n) is 4.78. The number of piperidine rings is 1. The van der Waals surface area contributed by atoms with Gasteiger partial charge in [-0.25, -0.2) is 4.79 Å². The maximum absolute atomic E-state index is 10.8. The van der Waals surface area contributed by atoms with Crippen LogP contribution in [0.5, 0.6) is 0 Å². The topological polar surface area (TPSA) is 65.5 Å². The van der Waals surface area contributed by atoms with Crippen LogP contribution in [-0.4, -0.2) is 40.7 Å². The van der Waals surface area contributed by atoms with Crippen molar-refractivity contribution in [2.24, 2.45) is 5.92 Å². The van der Waals surface area contributed by atoms with Gasteiger partial charge in [0.1, 0.15) is 0 Å². The number of aryl methyl sites for hydroxylation is 1. The Balaban J connectivity index is 1.79. The highest BCUT2D eigenvalue weighted by molar-refractivity contribution is 5.65. The Morgan fingerprint density at radius 2 is 2.28 bits per heavy atom. The number of amides is 1. The van der Waals surface area contributed by atoms with Crippen LogP contribution in [0.1, 0.15) is 18.4 Å². The second-order valence-corrected chi connectivity index (χ2v) is 4.78. The zero-order valence-electron chi connectivity index (χ0n) is 10.6. The Morgan fingerprint density at radius 1 is 1.56 bits per heavy atom. The molecule has 0 aromatic carbocycles. The van der Waals surface area contributed by atoms with E-state index in [0.717, 1.165) is 30.6 Å². The van der Waals surface area contributed by atoms with Gasteiger partial charge in [-0.1, -0.05) is 0 Å². The van der Waals surface area contributed by atoms with Crippen LogP contribution in [0.2, 0.25) is 0 Å². The number of nitrogens with one attached hydrogen (secondary N) is 1. The molecule has 1 aliphatic rings. The van der Waals surface area contributed by atoms with Crippen LogP contribution in [0.3, 0.4) is 0 Å². The first-order chi connectivity index (χ1) is 8.66. The molecule has 0 radical (unpaired) electrons. The van der Waals surface area contributed by atoms with E-state index >= 15 is 0 Å². The molecule has 0 saturated carbocycles. The van der Waals surface area contributed by atoms with Crippen molar-refractivity contribution >= 4 is 11.8 Å². The molecule has 1 aliphatic heterocycles. The zero-order valence-corrected chi connectivity index (χ0v) is 10.6. The van der Waals surface area contributed by atoms with E-state index in [1.807, 2.05) is 19.2 Å². The highest BCUT2D eigenvalue weighted by Crippen LogP contribution is 2.19. The maximum Gasteiger partial charge on any atom is 0.407 e. The zero-order chi connectivity index (χ0) is 13.0. The Labute approximate surface area is 107 Å². The van der Waals surface area contributed by atoms with Crippen molar-refractivity contribution in [2.45, 2.75) is 19.8 Å². The minimum Gasteiger partial charge on any atom is -0.465 e. The summed E-state index contributed by atoms with van der Waals surface area (Å²) in [5.41, 5.74) is 2.26. The van der Waals surface area contributed by atoms with E-state index in [9.17, 15) is 4.79 Å². The van der Waals surface area contributed by atoms with E-state index in [-0.39, 0.29) is 0 Å². The number of carbonyl (C=O) groups is 1. The average molecular weight is 249 g/mol. The fourth-order valence-corrected chi connectivity index (χ4v) is 2.25. The lowest BCUT2D eigenvalue weighted by molar-refractivity contribution is 0.126. The molecule has 5 nitrogen and oxygen atoms in total. The van der Waals surface area contributed by atoms with E-state index < -0.39 is 6.09 Å². The van der Waals surface area contributed by atoms with E-state index in [1.165, 1.54) is 4.90 Å². The van der Waals surface area contributed by atoms with Gasteiger partial charge >= 0.3 is 6.09 Å². The summed E-state index contributed by atoms with van der Waals surface area (Å²) in [6, 6.07) is 1.97. The Morgan fingerprint density at radius 3 is 2.89 bits per heavy atom. The molecule has 0 unspecified atom stereocenters. The fraction of sp³-hybridized carbons (Fsp3) is 0.538. The summed E-state index contributed by atoms with van der Waals surface area (Å²) in [5, 5.41) is 12.3. The normalized spacial score (nSPS) is 16.6. The van der Waals surface area contributed by atoms with Crippen LogP contribution in [0.4, 0.5) is 10.5 Å². The van der Waals surface area contributed by atoms with Crippen LogP contribution >= 0.6 is 0 Å². The molecular weight excluding hydrogens is 230 g/mol. The maximum atomic E-state index is 10.8. The lowest BCUT2D eigenvalue weighted by atomic mass is 9.97. The van der Waals surface area contributed by atoms with Crippen molar-refractivity contribution in [1.82, 2.24) is 9.88 Å². The number of aromatic nitrogens is 1. The molecule has 18 heavy (non-hydrogen) atoms. The van der Waals surface area contributed by atoms with E-state index in [4.69, 9.17) is 5.11 Å². The Bertz CT molecular complexity index is 414. The van der Waals surface area contributed by atoms with Gasteiger partial charge in [0.25, 0.3) is 0 Å². The second kappa shape index (κ2) is 5.71. The number of rotatable bonds is 3. The fourth-order valence-electron chi connectivity index (χ4n) is 2.25. The van der Waals surface area contributed by atoms with Crippen molar-refractivity contribution in [2.75, 3.05) is 25.0 Å². The van der Waals surface area contributed by atoms with Crippen molar-refractivity contribution < 1.29 is 9.90 Å². The quantitative estimate of drug-likeness (QED) is 0.861. The van der Waals surface area contributed by atoms with Crippen LogP contribution in [0.15, 0.2) is 18.5 Å². The SMILES string of the molecule is Cc1cnccc1NCC1CCN(C(=O)O)CC1. The lowest BCUT2D eigenvalue weighted by Gasteiger charge is -2.30. The molecule has 98 valence electrons. The van der Waals surface area contributed by atoms with Gasteiger partial charge in [-0.15, -0.1) is 0 Å². The first-order valence-corrected chi connectivity index (χ1v) is 6.29. The number of hydrogen-bond donors (Lipinski definition) is 2. The molecule has 1 amide bonds. The van der Waals surface area contributed by atoms with Crippen molar-refractivity contribution in [3.63, 3.8) is 0 Å². The number of nitrogens with zero attached hydrogens (tertiary/aromatic N) is 2. The van der Waals surface area contributed by atoms with Crippen LogP contribution in [0.25, 0.3) is 0 Å². The molecule has 1 aromatic heterocycles. The summed E-state index contributed by atoms with van der Waals surface area (Å²) < 4.78 is 0. The third-order valence-corrected chi connectivity index (χ3v) is 3.49. The molecule has 1 saturated heterocycles. The summed E-state index contributed by atoms with van der Waals surface area (Å²) in [5.74, 6) is 0.549. The molecule has 1 fully saturated rings. The van der Waals surface area contributed by atoms with Gasteiger partial charge < -0.3 is 15.3 Å². The predicted molar refractivity (Wildman–Crippen MR) is 69.8 cm³/mol. The van der Waals surface area contributed by atoms with Gasteiger partial charge in [0.15, 0.2) is 0 Å². The van der Waals surface area contributed by atoms with E-state index in [2.05, 4.69) is 10.3 Å². The number of carboxylic acid groups (broad SMARTS) is 1. The smallest absolute Gasteiger partial charge is 0.407 e. The molecule has 0 bridgehead atoms. The van der Waals surface area contributed by atoms with Crippen LogP contribution in [-0.2, 0) is 0 Å². The number of hydrogen-bond acceptors (Lipinski definition) is 3. The molecule has 2 rings (SSSR count). The third kappa shape index (κ3) is 3.12. The molecule has 2 N–H and O–H groups in total. The van der Waals surface area contributed by atoms with Gasteiger partial charge in [-0.05, 0) is 37.3 Å². The summed E-state index contributed by atoms with van der Waals surface area (Å²) >= 11 is 0. The highest BCUT2D eigenvalue weighted by atomic mass is 16.4. The summed E-state index contributed by atoms with van der Waals surface area (Å²) in [6.45, 7) is 4.23. The molecule has 2 heterocycles. The molecule has 5 heteroatoms. The first kappa shape index (κ1) is 12.7. The monoisotopic (exact) mass is 249 g/mol. The lowest BCUT2D eigenvalue weighted by Crippen LogP contribution is -2.39. The minimum atomic E-state index is -0.800. The van der Waals surface area contributed by atoms with Gasteiger partial charge in [0.2, 0.25) is 0 Å².